The van der Waals surface area contributed by atoms with E-state index in [0.29, 0.717) is 30.0 Å². The number of sulfone groups is 1. The summed E-state index contributed by atoms with van der Waals surface area (Å²) >= 11 is 0. The van der Waals surface area contributed by atoms with Gasteiger partial charge in [-0.1, -0.05) is 0 Å². The predicted octanol–water partition coefficient (Wildman–Crippen LogP) is 0.843. The molecular formula is C14H19NO6S. The second-order valence-electron chi connectivity index (χ2n) is 5.25. The number of carboxylic acid groups (broad SMARTS) is 1. The highest BCUT2D eigenvalue weighted by molar-refractivity contribution is 7.90. The highest BCUT2D eigenvalue weighted by Crippen LogP contribution is 2.38. The van der Waals surface area contributed by atoms with Crippen LogP contribution in [0.1, 0.15) is 18.0 Å². The van der Waals surface area contributed by atoms with E-state index in [0.717, 1.165) is 6.26 Å². The Kier molecular flexibility index (Phi) is 4.62. The van der Waals surface area contributed by atoms with Crippen molar-refractivity contribution in [1.29, 1.82) is 0 Å². The van der Waals surface area contributed by atoms with E-state index in [1.807, 2.05) is 0 Å². The second kappa shape index (κ2) is 6.13. The maximum atomic E-state index is 12.1. The minimum Gasteiger partial charge on any atom is -0.493 e. The van der Waals surface area contributed by atoms with E-state index in [2.05, 4.69) is 5.32 Å². The van der Waals surface area contributed by atoms with Crippen molar-refractivity contribution in [2.45, 2.75) is 17.4 Å². The van der Waals surface area contributed by atoms with Crippen LogP contribution in [-0.2, 0) is 14.6 Å². The lowest BCUT2D eigenvalue weighted by Gasteiger charge is -2.18. The first-order chi connectivity index (χ1) is 10.3. The van der Waals surface area contributed by atoms with Crippen LogP contribution in [0.2, 0.25) is 0 Å². The average Bonchev–Trinajstić information content (AvgIpc) is 2.94. The van der Waals surface area contributed by atoms with Gasteiger partial charge in [0.15, 0.2) is 21.3 Å². The second-order valence-corrected chi connectivity index (χ2v) is 7.23. The van der Waals surface area contributed by atoms with Gasteiger partial charge in [-0.05, 0) is 18.1 Å². The minimum atomic E-state index is -3.49. The first-order valence-electron chi connectivity index (χ1n) is 6.70. The fraction of sp³-hybridized carbons (Fsp3) is 0.500. The highest BCUT2D eigenvalue weighted by Gasteiger charge is 2.33. The van der Waals surface area contributed by atoms with Crippen LogP contribution in [0.15, 0.2) is 17.0 Å². The molecule has 0 amide bonds. The molecule has 1 heterocycles. The van der Waals surface area contributed by atoms with Gasteiger partial charge in [0.25, 0.3) is 0 Å². The molecule has 1 aliphatic rings. The molecule has 1 aromatic rings. The van der Waals surface area contributed by atoms with Crippen LogP contribution in [0.5, 0.6) is 11.5 Å². The van der Waals surface area contributed by atoms with Gasteiger partial charge in [-0.15, -0.1) is 0 Å². The molecule has 1 saturated heterocycles. The number of benzene rings is 1. The van der Waals surface area contributed by atoms with Crippen molar-refractivity contribution < 1.29 is 27.8 Å². The molecule has 1 aromatic carbocycles. The van der Waals surface area contributed by atoms with Gasteiger partial charge in [-0.25, -0.2) is 8.42 Å². The molecule has 2 N–H and O–H groups in total. The molecule has 0 saturated carbocycles. The van der Waals surface area contributed by atoms with Crippen molar-refractivity contribution in [1.82, 2.24) is 5.32 Å². The summed E-state index contributed by atoms with van der Waals surface area (Å²) in [6, 6.07) is 2.65. The summed E-state index contributed by atoms with van der Waals surface area (Å²) in [5, 5.41) is 12.2. The van der Waals surface area contributed by atoms with Gasteiger partial charge in [0.05, 0.1) is 25.0 Å². The van der Waals surface area contributed by atoms with Crippen molar-refractivity contribution >= 4 is 15.8 Å². The number of methoxy groups -OCH3 is 2. The quantitative estimate of drug-likeness (QED) is 0.825. The molecule has 0 spiro atoms. The van der Waals surface area contributed by atoms with Gasteiger partial charge >= 0.3 is 5.97 Å². The third kappa shape index (κ3) is 3.17. The number of hydrogen-bond acceptors (Lipinski definition) is 6. The summed E-state index contributed by atoms with van der Waals surface area (Å²) in [5.74, 6) is -0.702. The lowest BCUT2D eigenvalue weighted by Crippen LogP contribution is -2.18. The van der Waals surface area contributed by atoms with Crippen LogP contribution in [-0.4, -0.2) is 46.5 Å². The van der Waals surface area contributed by atoms with E-state index in [1.54, 1.807) is 6.07 Å². The first kappa shape index (κ1) is 16.6. The van der Waals surface area contributed by atoms with E-state index in [4.69, 9.17) is 14.6 Å². The zero-order valence-electron chi connectivity index (χ0n) is 12.6. The molecular weight excluding hydrogens is 310 g/mol. The Labute approximate surface area is 129 Å². The van der Waals surface area contributed by atoms with Crippen LogP contribution in [0.4, 0.5) is 0 Å². The summed E-state index contributed by atoms with van der Waals surface area (Å²) in [4.78, 5) is 11.2. The topological polar surface area (TPSA) is 102 Å². The van der Waals surface area contributed by atoms with Crippen LogP contribution in [0, 0.1) is 5.92 Å². The molecule has 2 rings (SSSR count). The van der Waals surface area contributed by atoms with Crippen LogP contribution in [0.3, 0.4) is 0 Å². The lowest BCUT2D eigenvalue weighted by atomic mass is 9.99. The third-order valence-corrected chi connectivity index (χ3v) is 4.92. The summed E-state index contributed by atoms with van der Waals surface area (Å²) in [6.45, 7) is 0.303. The lowest BCUT2D eigenvalue weighted by molar-refractivity contribution is -0.141. The van der Waals surface area contributed by atoms with E-state index < -0.39 is 21.7 Å². The van der Waals surface area contributed by atoms with Gasteiger partial charge in [0.2, 0.25) is 0 Å². The van der Waals surface area contributed by atoms with Gasteiger partial charge in [0.1, 0.15) is 0 Å². The number of rotatable bonds is 5. The molecule has 7 nitrogen and oxygen atoms in total. The van der Waals surface area contributed by atoms with Crippen molar-refractivity contribution in [3.05, 3.63) is 17.7 Å². The molecule has 0 radical (unpaired) electrons. The fourth-order valence-corrected chi connectivity index (χ4v) is 3.58. The van der Waals surface area contributed by atoms with Gasteiger partial charge < -0.3 is 19.9 Å². The Hall–Kier alpha value is -1.80. The summed E-state index contributed by atoms with van der Waals surface area (Å²) < 4.78 is 34.5. The maximum absolute atomic E-state index is 12.1. The molecule has 0 aromatic heterocycles. The summed E-state index contributed by atoms with van der Waals surface area (Å²) in [7, 11) is -0.599. The van der Waals surface area contributed by atoms with Crippen molar-refractivity contribution in [2.24, 2.45) is 5.92 Å². The van der Waals surface area contributed by atoms with E-state index in [1.165, 1.54) is 20.3 Å². The molecule has 1 aliphatic heterocycles. The van der Waals surface area contributed by atoms with E-state index in [-0.39, 0.29) is 10.9 Å². The number of carboxylic acids is 1. The Morgan fingerprint density at radius 2 is 1.86 bits per heavy atom. The number of carbonyl (C=O) groups is 1. The van der Waals surface area contributed by atoms with E-state index in [9.17, 15) is 13.2 Å². The Balaban J connectivity index is 2.52. The number of aliphatic carboxylic acids is 1. The highest BCUT2D eigenvalue weighted by atomic mass is 32.2. The Morgan fingerprint density at radius 1 is 1.27 bits per heavy atom. The SMILES string of the molecule is COc1cc(C2CC(C(=O)O)CN2)c(S(C)(=O)=O)cc1OC. The van der Waals surface area contributed by atoms with Gasteiger partial charge in [0, 0.05) is 24.9 Å². The zero-order valence-corrected chi connectivity index (χ0v) is 13.4. The van der Waals surface area contributed by atoms with Crippen LogP contribution < -0.4 is 14.8 Å². The van der Waals surface area contributed by atoms with Crippen molar-refractivity contribution in [3.63, 3.8) is 0 Å². The molecule has 1 fully saturated rings. The van der Waals surface area contributed by atoms with Gasteiger partial charge in [-0.2, -0.15) is 0 Å². The first-order valence-corrected chi connectivity index (χ1v) is 8.59. The smallest absolute Gasteiger partial charge is 0.307 e. The number of nitrogens with one attached hydrogen (secondary N) is 1. The van der Waals surface area contributed by atoms with Crippen LogP contribution in [0.25, 0.3) is 0 Å². The minimum absolute atomic E-state index is 0.119. The monoisotopic (exact) mass is 329 g/mol. The Bertz CT molecular complexity index is 685. The predicted molar refractivity (Wildman–Crippen MR) is 79.1 cm³/mol. The number of hydrogen-bond donors (Lipinski definition) is 2. The molecule has 2 unspecified atom stereocenters. The molecule has 22 heavy (non-hydrogen) atoms. The number of ether oxygens (including phenoxy) is 2. The maximum Gasteiger partial charge on any atom is 0.307 e. The summed E-state index contributed by atoms with van der Waals surface area (Å²) in [5.41, 5.74) is 0.504. The molecule has 0 aliphatic carbocycles. The normalized spacial score (nSPS) is 21.6. The fourth-order valence-electron chi connectivity index (χ4n) is 2.63. The molecule has 0 bridgehead atoms. The Morgan fingerprint density at radius 3 is 2.32 bits per heavy atom. The molecule has 8 heteroatoms. The van der Waals surface area contributed by atoms with Crippen molar-refractivity contribution in [2.75, 3.05) is 27.0 Å². The van der Waals surface area contributed by atoms with Gasteiger partial charge in [-0.3, -0.25) is 4.79 Å². The standard InChI is InChI=1S/C14H19NO6S/c1-20-11-5-9(10-4-8(7-15-10)14(16)17)13(22(3,18)19)6-12(11)21-2/h5-6,8,10,15H,4,7H2,1-3H3,(H,16,17). The molecule has 122 valence electrons. The van der Waals surface area contributed by atoms with Crippen molar-refractivity contribution in [3.8, 4) is 11.5 Å². The largest absolute Gasteiger partial charge is 0.493 e. The van der Waals surface area contributed by atoms with Crippen LogP contribution >= 0.6 is 0 Å². The molecule has 2 atom stereocenters. The van der Waals surface area contributed by atoms with E-state index >= 15 is 0 Å². The third-order valence-electron chi connectivity index (χ3n) is 3.77. The zero-order chi connectivity index (χ0) is 16.5. The average molecular weight is 329 g/mol. The summed E-state index contributed by atoms with van der Waals surface area (Å²) in [6.07, 6.45) is 1.44.